The molecule has 1 saturated heterocycles. The molecule has 29 heavy (non-hydrogen) atoms. The van der Waals surface area contributed by atoms with E-state index in [0.29, 0.717) is 19.0 Å². The van der Waals surface area contributed by atoms with Gasteiger partial charge in [0, 0.05) is 29.2 Å². The molecule has 0 aromatic heterocycles. The molecule has 0 saturated carbocycles. The van der Waals surface area contributed by atoms with Crippen LogP contribution in [0.1, 0.15) is 51.2 Å². The molecule has 156 valence electrons. The van der Waals surface area contributed by atoms with Crippen LogP contribution in [0.15, 0.2) is 59.5 Å². The maximum atomic E-state index is 12.6. The summed E-state index contributed by atoms with van der Waals surface area (Å²) in [5.41, 5.74) is 2.76. The number of carbonyl (C=O) groups is 1. The van der Waals surface area contributed by atoms with Gasteiger partial charge < -0.3 is 10.6 Å². The Morgan fingerprint density at radius 3 is 2.48 bits per heavy atom. The minimum atomic E-state index is 0.151. The van der Waals surface area contributed by atoms with Gasteiger partial charge in [-0.1, -0.05) is 63.2 Å². The van der Waals surface area contributed by atoms with Gasteiger partial charge in [0.25, 0.3) is 0 Å². The average molecular weight is 411 g/mol. The summed E-state index contributed by atoms with van der Waals surface area (Å²) >= 11 is 1.84. The second-order valence-electron chi connectivity index (χ2n) is 8.92. The van der Waals surface area contributed by atoms with Crippen molar-refractivity contribution in [3.05, 3.63) is 65.7 Å². The number of amides is 1. The number of hydrogen-bond donors (Lipinski definition) is 2. The molecule has 2 atom stereocenters. The zero-order chi connectivity index (χ0) is 20.7. The first-order valence-corrected chi connectivity index (χ1v) is 11.6. The van der Waals surface area contributed by atoms with Crippen molar-refractivity contribution in [2.75, 3.05) is 13.1 Å². The smallest absolute Gasteiger partial charge is 0.221 e. The monoisotopic (exact) mass is 410 g/mol. The molecule has 1 fully saturated rings. The van der Waals surface area contributed by atoms with Crippen molar-refractivity contribution >= 4 is 17.7 Å². The molecule has 1 amide bonds. The largest absolute Gasteiger partial charge is 0.356 e. The minimum Gasteiger partial charge on any atom is -0.356 e. The number of carbonyl (C=O) groups excluding carboxylic acids is 1. The van der Waals surface area contributed by atoms with E-state index in [9.17, 15) is 4.79 Å². The Labute approximate surface area is 180 Å². The second-order valence-corrected chi connectivity index (χ2v) is 10.2. The lowest BCUT2D eigenvalue weighted by Gasteiger charge is -2.24. The third kappa shape index (κ3) is 6.90. The Bertz CT molecular complexity index is 762. The van der Waals surface area contributed by atoms with Crippen LogP contribution in [0.25, 0.3) is 0 Å². The molecule has 0 bridgehead atoms. The molecule has 0 spiro atoms. The maximum absolute atomic E-state index is 12.6. The number of benzene rings is 2. The summed E-state index contributed by atoms with van der Waals surface area (Å²) < 4.78 is 0. The SMILES string of the molecule is CC(C)(C)c1ccc(SC(CC(=O)NCCc2ccccc2)C2CCCN2)cc1. The van der Waals surface area contributed by atoms with Crippen molar-refractivity contribution in [1.82, 2.24) is 10.6 Å². The van der Waals surface area contributed by atoms with Crippen LogP contribution in [0.5, 0.6) is 0 Å². The zero-order valence-electron chi connectivity index (χ0n) is 17.9. The third-order valence-electron chi connectivity index (χ3n) is 5.52. The highest BCUT2D eigenvalue weighted by Gasteiger charge is 2.27. The molecule has 1 aliphatic rings. The Balaban J connectivity index is 1.56. The van der Waals surface area contributed by atoms with Gasteiger partial charge in [0.1, 0.15) is 0 Å². The fourth-order valence-corrected chi connectivity index (χ4v) is 5.02. The van der Waals surface area contributed by atoms with Gasteiger partial charge >= 0.3 is 0 Å². The van der Waals surface area contributed by atoms with Gasteiger partial charge in [-0.3, -0.25) is 4.79 Å². The summed E-state index contributed by atoms with van der Waals surface area (Å²) in [7, 11) is 0. The minimum absolute atomic E-state index is 0.151. The van der Waals surface area contributed by atoms with Gasteiger partial charge in [-0.15, -0.1) is 11.8 Å². The van der Waals surface area contributed by atoms with E-state index in [4.69, 9.17) is 0 Å². The Morgan fingerprint density at radius 2 is 1.86 bits per heavy atom. The quantitative estimate of drug-likeness (QED) is 0.605. The van der Waals surface area contributed by atoms with Crippen molar-refractivity contribution in [2.45, 2.75) is 68.1 Å². The van der Waals surface area contributed by atoms with E-state index in [1.807, 2.05) is 30.0 Å². The summed E-state index contributed by atoms with van der Waals surface area (Å²) in [6, 6.07) is 19.6. The molecule has 4 heteroatoms. The van der Waals surface area contributed by atoms with Crippen molar-refractivity contribution in [3.63, 3.8) is 0 Å². The predicted octanol–water partition coefficient (Wildman–Crippen LogP) is 4.95. The first-order valence-electron chi connectivity index (χ1n) is 10.7. The molecule has 0 radical (unpaired) electrons. The molecule has 2 aromatic carbocycles. The van der Waals surface area contributed by atoms with Gasteiger partial charge in [-0.05, 0) is 54.5 Å². The van der Waals surface area contributed by atoms with Crippen molar-refractivity contribution in [3.8, 4) is 0 Å². The van der Waals surface area contributed by atoms with E-state index in [0.717, 1.165) is 19.4 Å². The average Bonchev–Trinajstić information content (AvgIpc) is 3.23. The van der Waals surface area contributed by atoms with E-state index >= 15 is 0 Å². The van der Waals surface area contributed by atoms with Crippen LogP contribution < -0.4 is 10.6 Å². The van der Waals surface area contributed by atoms with Crippen LogP contribution in [-0.2, 0) is 16.6 Å². The molecule has 1 heterocycles. The van der Waals surface area contributed by atoms with E-state index in [1.165, 1.54) is 22.4 Å². The van der Waals surface area contributed by atoms with E-state index in [-0.39, 0.29) is 16.6 Å². The van der Waals surface area contributed by atoms with Crippen LogP contribution in [0.4, 0.5) is 0 Å². The number of hydrogen-bond acceptors (Lipinski definition) is 3. The second kappa shape index (κ2) is 10.3. The fourth-order valence-electron chi connectivity index (χ4n) is 3.75. The zero-order valence-corrected chi connectivity index (χ0v) is 18.7. The summed E-state index contributed by atoms with van der Waals surface area (Å²) in [6.45, 7) is 8.46. The fraction of sp³-hybridized carbons (Fsp3) is 0.480. The Morgan fingerprint density at radius 1 is 1.14 bits per heavy atom. The molecule has 0 aliphatic carbocycles. The molecule has 2 N–H and O–H groups in total. The highest BCUT2D eigenvalue weighted by molar-refractivity contribution is 8.00. The molecular weight excluding hydrogens is 376 g/mol. The van der Waals surface area contributed by atoms with Gasteiger partial charge in [0.2, 0.25) is 5.91 Å². The topological polar surface area (TPSA) is 41.1 Å². The molecule has 1 aliphatic heterocycles. The first-order chi connectivity index (χ1) is 13.9. The van der Waals surface area contributed by atoms with Crippen LogP contribution >= 0.6 is 11.8 Å². The van der Waals surface area contributed by atoms with Crippen LogP contribution in [0.3, 0.4) is 0 Å². The van der Waals surface area contributed by atoms with Gasteiger partial charge in [0.05, 0.1) is 0 Å². The van der Waals surface area contributed by atoms with Gasteiger partial charge in [-0.2, -0.15) is 0 Å². The van der Waals surface area contributed by atoms with Crippen LogP contribution in [0, 0.1) is 0 Å². The Kier molecular flexibility index (Phi) is 7.79. The number of thioether (sulfide) groups is 1. The lowest BCUT2D eigenvalue weighted by Crippen LogP contribution is -2.37. The van der Waals surface area contributed by atoms with Gasteiger partial charge in [-0.25, -0.2) is 0 Å². The Hall–Kier alpha value is -1.78. The van der Waals surface area contributed by atoms with Crippen LogP contribution in [0.2, 0.25) is 0 Å². The highest BCUT2D eigenvalue weighted by Crippen LogP contribution is 2.32. The maximum Gasteiger partial charge on any atom is 0.221 e. The molecule has 2 unspecified atom stereocenters. The lowest BCUT2D eigenvalue weighted by molar-refractivity contribution is -0.121. The summed E-state index contributed by atoms with van der Waals surface area (Å²) in [4.78, 5) is 13.9. The van der Waals surface area contributed by atoms with E-state index < -0.39 is 0 Å². The molecular formula is C25H34N2OS. The summed E-state index contributed by atoms with van der Waals surface area (Å²) in [5, 5.41) is 6.98. The standard InChI is InChI=1S/C25H34N2OS/c1-25(2,3)20-11-13-21(14-12-20)29-23(22-10-7-16-26-22)18-24(28)27-17-15-19-8-5-4-6-9-19/h4-6,8-9,11-14,22-23,26H,7,10,15-18H2,1-3H3,(H,27,28). The van der Waals surface area contributed by atoms with Crippen molar-refractivity contribution < 1.29 is 4.79 Å². The normalized spacial score (nSPS) is 17.8. The lowest BCUT2D eigenvalue weighted by atomic mass is 9.87. The molecule has 3 nitrogen and oxygen atoms in total. The van der Waals surface area contributed by atoms with Crippen LogP contribution in [-0.4, -0.2) is 30.3 Å². The first kappa shape index (κ1) is 21.9. The van der Waals surface area contributed by atoms with E-state index in [1.54, 1.807) is 0 Å². The molecule has 3 rings (SSSR count). The third-order valence-corrected chi connectivity index (χ3v) is 6.86. The van der Waals surface area contributed by atoms with Crippen molar-refractivity contribution in [2.24, 2.45) is 0 Å². The van der Waals surface area contributed by atoms with Gasteiger partial charge in [0.15, 0.2) is 0 Å². The predicted molar refractivity (Wildman–Crippen MR) is 124 cm³/mol. The molecule has 2 aromatic rings. The highest BCUT2D eigenvalue weighted by atomic mass is 32.2. The van der Waals surface area contributed by atoms with Crippen molar-refractivity contribution in [1.29, 1.82) is 0 Å². The number of nitrogens with one attached hydrogen (secondary N) is 2. The number of rotatable bonds is 8. The van der Waals surface area contributed by atoms with E-state index in [2.05, 4.69) is 67.8 Å². The summed E-state index contributed by atoms with van der Waals surface area (Å²) in [6.07, 6.45) is 3.77. The summed E-state index contributed by atoms with van der Waals surface area (Å²) in [5.74, 6) is 0.151.